The summed E-state index contributed by atoms with van der Waals surface area (Å²) in [5.41, 5.74) is 9.32. The van der Waals surface area contributed by atoms with E-state index >= 15 is 0 Å². The van der Waals surface area contributed by atoms with E-state index in [1.165, 1.54) is 0 Å². The molecular weight excluding hydrogens is 210 g/mol. The summed E-state index contributed by atoms with van der Waals surface area (Å²) in [7, 11) is 0. The zero-order chi connectivity index (χ0) is 11.7. The van der Waals surface area contributed by atoms with Gasteiger partial charge >= 0.3 is 0 Å². The molecule has 2 heterocycles. The molecule has 3 heteroatoms. The first-order valence-corrected chi connectivity index (χ1v) is 5.40. The highest BCUT2D eigenvalue weighted by molar-refractivity contribution is 5.83. The summed E-state index contributed by atoms with van der Waals surface area (Å²) < 4.78 is 0. The van der Waals surface area contributed by atoms with E-state index < -0.39 is 0 Å². The zero-order valence-corrected chi connectivity index (χ0v) is 9.17. The Hall–Kier alpha value is -2.42. The molecule has 0 atom stereocenters. The lowest BCUT2D eigenvalue weighted by Gasteiger charge is -2.05. The Bertz CT molecular complexity index is 677. The molecule has 0 amide bonds. The van der Waals surface area contributed by atoms with E-state index in [9.17, 15) is 0 Å². The van der Waals surface area contributed by atoms with Crippen LogP contribution in [0.2, 0.25) is 0 Å². The maximum atomic E-state index is 5.89. The van der Waals surface area contributed by atoms with Crippen molar-refractivity contribution >= 4 is 16.6 Å². The average Bonchev–Trinajstić information content (AvgIpc) is 2.39. The van der Waals surface area contributed by atoms with Crippen molar-refractivity contribution in [3.63, 3.8) is 0 Å². The van der Waals surface area contributed by atoms with Gasteiger partial charge in [-0.05, 0) is 18.2 Å². The van der Waals surface area contributed by atoms with E-state index in [4.69, 9.17) is 5.73 Å². The molecule has 0 unspecified atom stereocenters. The van der Waals surface area contributed by atoms with Gasteiger partial charge in [-0.15, -0.1) is 0 Å². The van der Waals surface area contributed by atoms with Crippen LogP contribution in [0.15, 0.2) is 54.9 Å². The van der Waals surface area contributed by atoms with Gasteiger partial charge in [0, 0.05) is 17.1 Å². The van der Waals surface area contributed by atoms with Crippen molar-refractivity contribution < 1.29 is 0 Å². The van der Waals surface area contributed by atoms with Crippen molar-refractivity contribution in [1.82, 2.24) is 9.97 Å². The van der Waals surface area contributed by atoms with Gasteiger partial charge in [0.05, 0.1) is 23.1 Å². The molecule has 82 valence electrons. The number of hydrogen-bond donors (Lipinski definition) is 1. The molecule has 0 radical (unpaired) electrons. The molecule has 0 aliphatic rings. The summed E-state index contributed by atoms with van der Waals surface area (Å²) in [6, 6.07) is 13.9. The lowest BCUT2D eigenvalue weighted by molar-refractivity contribution is 1.31. The van der Waals surface area contributed by atoms with Crippen LogP contribution in [-0.2, 0) is 0 Å². The smallest absolute Gasteiger partial charge is 0.0731 e. The third kappa shape index (κ3) is 1.72. The second-order valence-corrected chi connectivity index (χ2v) is 3.85. The Balaban J connectivity index is 2.22. The summed E-state index contributed by atoms with van der Waals surface area (Å²) in [6.07, 6.45) is 3.37. The fourth-order valence-electron chi connectivity index (χ4n) is 1.86. The van der Waals surface area contributed by atoms with Gasteiger partial charge in [-0.2, -0.15) is 0 Å². The summed E-state index contributed by atoms with van der Waals surface area (Å²) in [5, 5.41) is 1.13. The largest absolute Gasteiger partial charge is 0.397 e. The van der Waals surface area contributed by atoms with Crippen molar-refractivity contribution in [2.75, 3.05) is 5.73 Å². The minimum absolute atomic E-state index is 0.648. The second kappa shape index (κ2) is 3.87. The quantitative estimate of drug-likeness (QED) is 0.687. The maximum Gasteiger partial charge on any atom is 0.0731 e. The van der Waals surface area contributed by atoms with Crippen LogP contribution < -0.4 is 5.73 Å². The van der Waals surface area contributed by atoms with Gasteiger partial charge in [0.2, 0.25) is 0 Å². The number of pyridine rings is 2. The molecule has 0 bridgehead atoms. The third-order valence-electron chi connectivity index (χ3n) is 2.73. The van der Waals surface area contributed by atoms with Crippen LogP contribution >= 0.6 is 0 Å². The Labute approximate surface area is 98.9 Å². The topological polar surface area (TPSA) is 51.8 Å². The Morgan fingerprint density at radius 2 is 1.82 bits per heavy atom. The van der Waals surface area contributed by atoms with Gasteiger partial charge in [0.15, 0.2) is 0 Å². The molecule has 3 nitrogen and oxygen atoms in total. The van der Waals surface area contributed by atoms with Crippen molar-refractivity contribution in [1.29, 1.82) is 0 Å². The van der Waals surface area contributed by atoms with E-state index in [1.807, 2.05) is 36.4 Å². The Kier molecular flexibility index (Phi) is 2.22. The van der Waals surface area contributed by atoms with Crippen LogP contribution in [0.1, 0.15) is 0 Å². The van der Waals surface area contributed by atoms with Crippen LogP contribution in [0.3, 0.4) is 0 Å². The van der Waals surface area contributed by atoms with E-state index in [-0.39, 0.29) is 0 Å². The van der Waals surface area contributed by atoms with Crippen LogP contribution in [-0.4, -0.2) is 9.97 Å². The molecular formula is C14H11N3. The van der Waals surface area contributed by atoms with Crippen LogP contribution in [0, 0.1) is 0 Å². The molecule has 1 aromatic carbocycles. The average molecular weight is 221 g/mol. The first-order valence-electron chi connectivity index (χ1n) is 5.40. The molecule has 0 saturated carbocycles. The van der Waals surface area contributed by atoms with Crippen LogP contribution in [0.4, 0.5) is 5.69 Å². The molecule has 0 aliphatic heterocycles. The fourth-order valence-corrected chi connectivity index (χ4v) is 1.86. The van der Waals surface area contributed by atoms with E-state index in [0.29, 0.717) is 5.69 Å². The standard InChI is InChI=1S/C14H11N3/c15-12-9-16-8-7-11(12)14-6-5-10-3-1-2-4-13(10)17-14/h1-9H,15H2. The Morgan fingerprint density at radius 3 is 2.71 bits per heavy atom. The van der Waals surface area contributed by atoms with E-state index in [0.717, 1.165) is 22.2 Å². The van der Waals surface area contributed by atoms with Gasteiger partial charge in [0.25, 0.3) is 0 Å². The van der Waals surface area contributed by atoms with Gasteiger partial charge in [-0.1, -0.05) is 24.3 Å². The van der Waals surface area contributed by atoms with E-state index in [1.54, 1.807) is 12.4 Å². The molecule has 2 aromatic heterocycles. The summed E-state index contributed by atoms with van der Waals surface area (Å²) in [6.45, 7) is 0. The fraction of sp³-hybridized carbons (Fsp3) is 0. The number of nitrogens with two attached hydrogens (primary N) is 1. The first kappa shape index (κ1) is 9.78. The highest BCUT2D eigenvalue weighted by Gasteiger charge is 2.04. The van der Waals surface area contributed by atoms with Crippen molar-refractivity contribution in [2.24, 2.45) is 0 Å². The number of fused-ring (bicyclic) bond motifs is 1. The van der Waals surface area contributed by atoms with E-state index in [2.05, 4.69) is 16.0 Å². The first-order chi connectivity index (χ1) is 8.34. The summed E-state index contributed by atoms with van der Waals surface area (Å²) >= 11 is 0. The maximum absolute atomic E-state index is 5.89. The molecule has 2 N–H and O–H groups in total. The minimum atomic E-state index is 0.648. The number of anilines is 1. The SMILES string of the molecule is Nc1cnccc1-c1ccc2ccccc2n1. The van der Waals surface area contributed by atoms with Gasteiger partial charge in [0.1, 0.15) is 0 Å². The number of rotatable bonds is 1. The summed E-state index contributed by atoms with van der Waals surface area (Å²) in [4.78, 5) is 8.58. The molecule has 0 fully saturated rings. The third-order valence-corrected chi connectivity index (χ3v) is 2.73. The number of aromatic nitrogens is 2. The number of nitrogen functional groups attached to an aromatic ring is 1. The lowest BCUT2D eigenvalue weighted by atomic mass is 10.1. The zero-order valence-electron chi connectivity index (χ0n) is 9.17. The number of nitrogens with zero attached hydrogens (tertiary/aromatic N) is 2. The molecule has 3 rings (SSSR count). The molecule has 0 aliphatic carbocycles. The molecule has 0 spiro atoms. The Morgan fingerprint density at radius 1 is 0.941 bits per heavy atom. The second-order valence-electron chi connectivity index (χ2n) is 3.85. The highest BCUT2D eigenvalue weighted by atomic mass is 14.7. The van der Waals surface area contributed by atoms with Crippen LogP contribution in [0.5, 0.6) is 0 Å². The predicted octanol–water partition coefficient (Wildman–Crippen LogP) is 2.88. The number of hydrogen-bond acceptors (Lipinski definition) is 3. The predicted molar refractivity (Wildman–Crippen MR) is 69.4 cm³/mol. The van der Waals surface area contributed by atoms with Crippen molar-refractivity contribution in [3.05, 3.63) is 54.9 Å². The van der Waals surface area contributed by atoms with Gasteiger partial charge < -0.3 is 5.73 Å². The molecule has 3 aromatic rings. The van der Waals surface area contributed by atoms with Gasteiger partial charge in [-0.3, -0.25) is 4.98 Å². The molecule has 0 saturated heterocycles. The highest BCUT2D eigenvalue weighted by Crippen LogP contribution is 2.24. The summed E-state index contributed by atoms with van der Waals surface area (Å²) in [5.74, 6) is 0. The van der Waals surface area contributed by atoms with Crippen molar-refractivity contribution in [3.8, 4) is 11.3 Å². The normalized spacial score (nSPS) is 10.6. The lowest BCUT2D eigenvalue weighted by Crippen LogP contribution is -1.92. The van der Waals surface area contributed by atoms with Crippen LogP contribution in [0.25, 0.3) is 22.2 Å². The van der Waals surface area contributed by atoms with Gasteiger partial charge in [-0.25, -0.2) is 4.98 Å². The molecule has 17 heavy (non-hydrogen) atoms. The number of para-hydroxylation sites is 1. The monoisotopic (exact) mass is 221 g/mol. The minimum Gasteiger partial charge on any atom is -0.397 e. The number of benzene rings is 1. The van der Waals surface area contributed by atoms with Crippen molar-refractivity contribution in [2.45, 2.75) is 0 Å².